The fourth-order valence-electron chi connectivity index (χ4n) is 4.78. The van der Waals surface area contributed by atoms with Crippen molar-refractivity contribution in [3.05, 3.63) is 78.4 Å². The van der Waals surface area contributed by atoms with Gasteiger partial charge in [-0.05, 0) is 69.2 Å². The summed E-state index contributed by atoms with van der Waals surface area (Å²) in [4.78, 5) is 29.2. The second-order valence-electron chi connectivity index (χ2n) is 11.2. The Morgan fingerprint density at radius 1 is 0.953 bits per heavy atom. The molecule has 230 valence electrons. The maximum Gasteiger partial charge on any atom is 0.264 e. The first-order valence-corrected chi connectivity index (χ1v) is 15.6. The molecular formula is C32H39N3O7S. The summed E-state index contributed by atoms with van der Waals surface area (Å²) < 4.78 is 45.9. The van der Waals surface area contributed by atoms with E-state index in [0.29, 0.717) is 36.9 Å². The smallest absolute Gasteiger partial charge is 0.264 e. The molecule has 0 saturated carbocycles. The molecule has 0 aromatic heterocycles. The van der Waals surface area contributed by atoms with Crippen LogP contribution >= 0.6 is 0 Å². The van der Waals surface area contributed by atoms with Gasteiger partial charge in [0.15, 0.2) is 11.5 Å². The number of amides is 2. The molecule has 43 heavy (non-hydrogen) atoms. The van der Waals surface area contributed by atoms with Crippen molar-refractivity contribution in [3.63, 3.8) is 0 Å². The quantitative estimate of drug-likeness (QED) is 0.343. The molecule has 0 saturated heterocycles. The normalized spacial score (nSPS) is 13.5. The van der Waals surface area contributed by atoms with Crippen LogP contribution in [-0.2, 0) is 26.2 Å². The van der Waals surface area contributed by atoms with E-state index in [2.05, 4.69) is 5.32 Å². The molecule has 1 atom stereocenters. The zero-order valence-corrected chi connectivity index (χ0v) is 26.0. The molecule has 10 nitrogen and oxygen atoms in total. The average molecular weight is 610 g/mol. The second kappa shape index (κ2) is 13.4. The maximum atomic E-state index is 14.3. The summed E-state index contributed by atoms with van der Waals surface area (Å²) in [7, 11) is -2.66. The Labute approximate surface area is 253 Å². The summed E-state index contributed by atoms with van der Waals surface area (Å²) in [5, 5.41) is 2.97. The van der Waals surface area contributed by atoms with E-state index in [1.54, 1.807) is 61.7 Å². The van der Waals surface area contributed by atoms with Crippen LogP contribution in [0.1, 0.15) is 39.7 Å². The highest BCUT2D eigenvalue weighted by atomic mass is 32.2. The van der Waals surface area contributed by atoms with Crippen LogP contribution in [0.25, 0.3) is 0 Å². The third-order valence-corrected chi connectivity index (χ3v) is 8.58. The lowest BCUT2D eigenvalue weighted by Crippen LogP contribution is -2.55. The highest BCUT2D eigenvalue weighted by Crippen LogP contribution is 2.36. The molecule has 0 spiro atoms. The number of fused-ring (bicyclic) bond motifs is 1. The van der Waals surface area contributed by atoms with Gasteiger partial charge in [0, 0.05) is 18.2 Å². The Morgan fingerprint density at radius 3 is 2.30 bits per heavy atom. The van der Waals surface area contributed by atoms with Crippen LogP contribution in [0.15, 0.2) is 77.7 Å². The van der Waals surface area contributed by atoms with Crippen molar-refractivity contribution in [1.82, 2.24) is 10.2 Å². The van der Waals surface area contributed by atoms with Crippen LogP contribution in [0.4, 0.5) is 5.69 Å². The number of methoxy groups -OCH3 is 1. The molecule has 0 bridgehead atoms. The van der Waals surface area contributed by atoms with Crippen LogP contribution in [0.2, 0.25) is 0 Å². The highest BCUT2D eigenvalue weighted by Gasteiger charge is 2.35. The second-order valence-corrected chi connectivity index (χ2v) is 13.1. The lowest BCUT2D eigenvalue weighted by atomic mass is 10.1. The molecule has 2 amide bonds. The van der Waals surface area contributed by atoms with Gasteiger partial charge in [-0.3, -0.25) is 13.9 Å². The zero-order valence-electron chi connectivity index (χ0n) is 25.2. The van der Waals surface area contributed by atoms with Crippen LogP contribution in [-0.4, -0.2) is 63.6 Å². The lowest BCUT2D eigenvalue weighted by molar-refractivity contribution is -0.141. The monoisotopic (exact) mass is 609 g/mol. The van der Waals surface area contributed by atoms with Crippen molar-refractivity contribution >= 4 is 27.5 Å². The van der Waals surface area contributed by atoms with Crippen molar-refractivity contribution in [1.29, 1.82) is 0 Å². The molecule has 1 N–H and O–H groups in total. The standard InChI is InChI=1S/C32H39N3O7S/c1-6-27(31(37)33-32(2,3)4)34(21-23-11-10-12-25(19-23)40-5)30(36)22-35(43(38,39)26-13-8-7-9-14-26)24-15-16-28-29(20-24)42-18-17-41-28/h7-16,19-20,27H,6,17-18,21-22H2,1-5H3,(H,33,37). The summed E-state index contributed by atoms with van der Waals surface area (Å²) >= 11 is 0. The molecule has 1 heterocycles. The third-order valence-electron chi connectivity index (χ3n) is 6.79. The van der Waals surface area contributed by atoms with Crippen LogP contribution in [0.5, 0.6) is 17.2 Å². The minimum atomic E-state index is -4.21. The summed E-state index contributed by atoms with van der Waals surface area (Å²) in [6.07, 6.45) is 0.313. The van der Waals surface area contributed by atoms with Gasteiger partial charge in [0.05, 0.1) is 17.7 Å². The van der Waals surface area contributed by atoms with E-state index < -0.39 is 34.1 Å². The highest BCUT2D eigenvalue weighted by molar-refractivity contribution is 7.92. The van der Waals surface area contributed by atoms with Gasteiger partial charge < -0.3 is 24.4 Å². The largest absolute Gasteiger partial charge is 0.497 e. The van der Waals surface area contributed by atoms with Gasteiger partial charge in [-0.15, -0.1) is 0 Å². The first kappa shape index (κ1) is 31.7. The molecule has 1 aliphatic rings. The number of rotatable bonds is 11. The van der Waals surface area contributed by atoms with E-state index in [9.17, 15) is 18.0 Å². The minimum absolute atomic E-state index is 0.0227. The maximum absolute atomic E-state index is 14.3. The van der Waals surface area contributed by atoms with Crippen molar-refractivity contribution in [2.45, 2.75) is 57.1 Å². The molecule has 0 fully saturated rings. The molecule has 1 unspecified atom stereocenters. The number of hydrogen-bond donors (Lipinski definition) is 1. The Hall–Kier alpha value is -4.25. The number of nitrogens with one attached hydrogen (secondary N) is 1. The number of ether oxygens (including phenoxy) is 3. The number of hydrogen-bond acceptors (Lipinski definition) is 7. The van der Waals surface area contributed by atoms with Gasteiger partial charge in [0.2, 0.25) is 11.8 Å². The fraction of sp³-hybridized carbons (Fsp3) is 0.375. The first-order chi connectivity index (χ1) is 20.4. The van der Waals surface area contributed by atoms with E-state index in [-0.39, 0.29) is 23.0 Å². The van der Waals surface area contributed by atoms with E-state index >= 15 is 0 Å². The van der Waals surface area contributed by atoms with Gasteiger partial charge in [-0.25, -0.2) is 8.42 Å². The summed E-state index contributed by atoms with van der Waals surface area (Å²) in [5.74, 6) is 0.592. The fourth-order valence-corrected chi connectivity index (χ4v) is 6.20. The number of benzene rings is 3. The van der Waals surface area contributed by atoms with Crippen LogP contribution in [0, 0.1) is 0 Å². The van der Waals surface area contributed by atoms with E-state index in [1.165, 1.54) is 17.0 Å². The Balaban J connectivity index is 1.77. The molecular weight excluding hydrogens is 570 g/mol. The molecule has 3 aromatic carbocycles. The molecule has 0 aliphatic carbocycles. The van der Waals surface area contributed by atoms with E-state index in [4.69, 9.17) is 14.2 Å². The van der Waals surface area contributed by atoms with Crippen molar-refractivity contribution < 1.29 is 32.2 Å². The summed E-state index contributed by atoms with van der Waals surface area (Å²) in [6.45, 7) is 7.61. The summed E-state index contributed by atoms with van der Waals surface area (Å²) in [6, 6.07) is 19.0. The Kier molecular flexibility index (Phi) is 9.85. The van der Waals surface area contributed by atoms with Crippen molar-refractivity contribution in [2.24, 2.45) is 0 Å². The van der Waals surface area contributed by atoms with Crippen LogP contribution < -0.4 is 23.8 Å². The number of carbonyl (C=O) groups is 2. The number of nitrogens with zero attached hydrogens (tertiary/aromatic N) is 2. The van der Waals surface area contributed by atoms with Gasteiger partial charge in [0.25, 0.3) is 10.0 Å². The van der Waals surface area contributed by atoms with Gasteiger partial charge in [-0.1, -0.05) is 37.3 Å². The van der Waals surface area contributed by atoms with E-state index in [0.717, 1.165) is 9.87 Å². The number of anilines is 1. The third kappa shape index (κ3) is 7.78. The van der Waals surface area contributed by atoms with Gasteiger partial charge in [0.1, 0.15) is 31.5 Å². The van der Waals surface area contributed by atoms with Crippen molar-refractivity contribution in [3.8, 4) is 17.2 Å². The van der Waals surface area contributed by atoms with E-state index in [1.807, 2.05) is 33.8 Å². The van der Waals surface area contributed by atoms with Gasteiger partial charge >= 0.3 is 0 Å². The summed E-state index contributed by atoms with van der Waals surface area (Å²) in [5.41, 5.74) is 0.421. The lowest BCUT2D eigenvalue weighted by Gasteiger charge is -2.35. The SMILES string of the molecule is CCC(C(=O)NC(C)(C)C)N(Cc1cccc(OC)c1)C(=O)CN(c1ccc2c(c1)OCCO2)S(=O)(=O)c1ccccc1. The Morgan fingerprint density at radius 2 is 1.65 bits per heavy atom. The molecule has 1 aliphatic heterocycles. The number of carbonyl (C=O) groups excluding carboxylic acids is 2. The molecule has 4 rings (SSSR count). The zero-order chi connectivity index (χ0) is 31.2. The molecule has 3 aromatic rings. The van der Waals surface area contributed by atoms with Gasteiger partial charge in [-0.2, -0.15) is 0 Å². The van der Waals surface area contributed by atoms with Crippen LogP contribution in [0.3, 0.4) is 0 Å². The molecule has 11 heteroatoms. The average Bonchev–Trinajstić information content (AvgIpc) is 2.99. The first-order valence-electron chi connectivity index (χ1n) is 14.1. The predicted molar refractivity (Wildman–Crippen MR) is 164 cm³/mol. The predicted octanol–water partition coefficient (Wildman–Crippen LogP) is 4.38. The molecule has 0 radical (unpaired) electrons. The topological polar surface area (TPSA) is 114 Å². The Bertz CT molecular complexity index is 1540. The minimum Gasteiger partial charge on any atom is -0.497 e. The number of sulfonamides is 1. The van der Waals surface area contributed by atoms with Crippen molar-refractivity contribution in [2.75, 3.05) is 31.2 Å².